The molecule has 2 aromatic rings. The van der Waals surface area contributed by atoms with Gasteiger partial charge >= 0.3 is 0 Å². The Kier molecular flexibility index (Phi) is 2.27. The minimum absolute atomic E-state index is 0.141. The molecule has 2 radical (unpaired) electrons. The summed E-state index contributed by atoms with van der Waals surface area (Å²) < 4.78 is 0. The Labute approximate surface area is 104 Å². The predicted molar refractivity (Wildman–Crippen MR) is 67.7 cm³/mol. The first-order chi connectivity index (χ1) is 8.74. The van der Waals surface area contributed by atoms with Gasteiger partial charge in [-0.1, -0.05) is 36.4 Å². The third-order valence-electron chi connectivity index (χ3n) is 3.11. The van der Waals surface area contributed by atoms with Crippen molar-refractivity contribution in [2.24, 2.45) is 0 Å². The lowest BCUT2D eigenvalue weighted by molar-refractivity contribution is 0.0979. The van der Waals surface area contributed by atoms with Gasteiger partial charge in [-0.15, -0.1) is 0 Å². The zero-order chi connectivity index (χ0) is 12.7. The van der Waals surface area contributed by atoms with Crippen molar-refractivity contribution in [3.63, 3.8) is 0 Å². The van der Waals surface area contributed by atoms with Crippen molar-refractivity contribution in [1.29, 1.82) is 0 Å². The molecule has 0 spiro atoms. The molecule has 1 N–H and O–H groups in total. The molecule has 0 amide bonds. The number of benzene rings is 2. The first-order valence-electron chi connectivity index (χ1n) is 5.52. The quantitative estimate of drug-likeness (QED) is 0.659. The molecule has 0 unspecified atom stereocenters. The van der Waals surface area contributed by atoms with Crippen molar-refractivity contribution in [3.05, 3.63) is 71.8 Å². The Morgan fingerprint density at radius 3 is 2.06 bits per heavy atom. The molecule has 0 saturated heterocycles. The van der Waals surface area contributed by atoms with Crippen LogP contribution in [0.4, 0.5) is 5.69 Å². The van der Waals surface area contributed by atoms with Crippen LogP contribution in [0.2, 0.25) is 0 Å². The van der Waals surface area contributed by atoms with E-state index in [9.17, 15) is 9.59 Å². The van der Waals surface area contributed by atoms with E-state index in [1.807, 2.05) is 0 Å². The van der Waals surface area contributed by atoms with Gasteiger partial charge in [0.15, 0.2) is 11.6 Å². The van der Waals surface area contributed by atoms with Gasteiger partial charge in [0.2, 0.25) is 0 Å². The molecule has 2 aromatic carbocycles. The van der Waals surface area contributed by atoms with Gasteiger partial charge < -0.3 is 5.32 Å². The molecule has 0 heterocycles. The number of carbonyl (C=O) groups is 2. The van der Waals surface area contributed by atoms with Crippen molar-refractivity contribution >= 4 is 17.3 Å². The van der Waals surface area contributed by atoms with Crippen molar-refractivity contribution < 1.29 is 9.59 Å². The predicted octanol–water partition coefficient (Wildman–Crippen LogP) is 2.54. The average molecular weight is 235 g/mol. The van der Waals surface area contributed by atoms with Crippen LogP contribution in [0.15, 0.2) is 42.5 Å². The second kappa shape index (κ2) is 3.81. The molecule has 3 heteroatoms. The molecular formula is C15H9NO2. The maximum atomic E-state index is 12.4. The minimum atomic E-state index is -0.172. The van der Waals surface area contributed by atoms with Gasteiger partial charge in [0, 0.05) is 22.4 Å². The summed E-state index contributed by atoms with van der Waals surface area (Å²) >= 11 is 0. The molecule has 1 aliphatic carbocycles. The van der Waals surface area contributed by atoms with Crippen molar-refractivity contribution in [3.8, 4) is 0 Å². The number of anilines is 1. The van der Waals surface area contributed by atoms with Crippen molar-refractivity contribution in [2.75, 3.05) is 5.32 Å². The van der Waals surface area contributed by atoms with Crippen molar-refractivity contribution in [1.82, 2.24) is 0 Å². The molecule has 3 rings (SSSR count). The number of rotatable bonds is 1. The Morgan fingerprint density at radius 1 is 0.778 bits per heavy atom. The van der Waals surface area contributed by atoms with Gasteiger partial charge in [0.1, 0.15) is 0 Å². The highest BCUT2D eigenvalue weighted by Gasteiger charge is 2.30. The van der Waals surface area contributed by atoms with E-state index in [0.29, 0.717) is 27.9 Å². The van der Waals surface area contributed by atoms with E-state index in [0.717, 1.165) is 0 Å². The van der Waals surface area contributed by atoms with E-state index in [-0.39, 0.29) is 11.6 Å². The zero-order valence-electron chi connectivity index (χ0n) is 9.44. The lowest BCUT2D eigenvalue weighted by Gasteiger charge is -2.19. The highest BCUT2D eigenvalue weighted by molar-refractivity contribution is 6.30. The van der Waals surface area contributed by atoms with E-state index in [2.05, 4.69) is 5.32 Å². The van der Waals surface area contributed by atoms with Gasteiger partial charge in [-0.25, -0.2) is 0 Å². The van der Waals surface area contributed by atoms with Gasteiger partial charge in [-0.05, 0) is 6.07 Å². The molecule has 0 fully saturated rings. The number of hydrogen-bond donors (Lipinski definition) is 1. The standard InChI is InChI=1S/C15H9NO2/c1-16-12-8-4-7-11-13(12)15(18)10-6-3-2-5-9(10)14(11)17/h1-8,16H. The van der Waals surface area contributed by atoms with Crippen LogP contribution in [0.25, 0.3) is 0 Å². The summed E-state index contributed by atoms with van der Waals surface area (Å²) in [7, 11) is 5.39. The highest BCUT2D eigenvalue weighted by Crippen LogP contribution is 2.31. The molecular weight excluding hydrogens is 226 g/mol. The molecule has 18 heavy (non-hydrogen) atoms. The molecule has 86 valence electrons. The number of ketones is 2. The first kappa shape index (κ1) is 10.7. The first-order valence-corrected chi connectivity index (χ1v) is 5.52. The van der Waals surface area contributed by atoms with E-state index in [1.54, 1.807) is 42.5 Å². The molecule has 0 aliphatic heterocycles. The lowest BCUT2D eigenvalue weighted by Crippen LogP contribution is -2.21. The summed E-state index contributed by atoms with van der Waals surface area (Å²) in [6.45, 7) is 0. The Balaban J connectivity index is 2.34. The van der Waals surface area contributed by atoms with Crippen LogP contribution >= 0.6 is 0 Å². The second-order valence-electron chi connectivity index (χ2n) is 4.08. The topological polar surface area (TPSA) is 46.2 Å². The molecule has 1 aliphatic rings. The maximum absolute atomic E-state index is 12.4. The fourth-order valence-corrected chi connectivity index (χ4v) is 2.27. The van der Waals surface area contributed by atoms with Crippen LogP contribution in [0, 0.1) is 7.05 Å². The third kappa shape index (κ3) is 1.31. The van der Waals surface area contributed by atoms with Crippen LogP contribution in [-0.4, -0.2) is 11.6 Å². The summed E-state index contributed by atoms with van der Waals surface area (Å²) in [6, 6.07) is 11.8. The molecule has 0 aromatic heterocycles. The van der Waals surface area contributed by atoms with Crippen molar-refractivity contribution in [2.45, 2.75) is 0 Å². The smallest absolute Gasteiger partial charge is 0.196 e. The second-order valence-corrected chi connectivity index (χ2v) is 4.08. The number of carbonyl (C=O) groups excluding carboxylic acids is 2. The largest absolute Gasteiger partial charge is 0.377 e. The fourth-order valence-electron chi connectivity index (χ4n) is 2.27. The van der Waals surface area contributed by atoms with Crippen LogP contribution in [0.1, 0.15) is 31.8 Å². The SMILES string of the molecule is [CH]Nc1cccc2c1C(=O)c1ccccc1C2=O. The average Bonchev–Trinajstić information content (AvgIpc) is 2.44. The van der Waals surface area contributed by atoms with Gasteiger partial charge in [-0.3, -0.25) is 9.59 Å². The molecule has 0 atom stereocenters. The molecule has 0 bridgehead atoms. The van der Waals surface area contributed by atoms with E-state index in [4.69, 9.17) is 7.05 Å². The third-order valence-corrected chi connectivity index (χ3v) is 3.11. The Hall–Kier alpha value is -2.42. The van der Waals surface area contributed by atoms with E-state index in [1.165, 1.54) is 0 Å². The van der Waals surface area contributed by atoms with Crippen LogP contribution < -0.4 is 5.32 Å². The van der Waals surface area contributed by atoms with E-state index < -0.39 is 0 Å². The zero-order valence-corrected chi connectivity index (χ0v) is 9.44. The van der Waals surface area contributed by atoms with Gasteiger partial charge in [-0.2, -0.15) is 0 Å². The monoisotopic (exact) mass is 235 g/mol. The summed E-state index contributed by atoms with van der Waals surface area (Å²) in [6.07, 6.45) is 0. The number of nitrogens with one attached hydrogen (secondary N) is 1. The van der Waals surface area contributed by atoms with Crippen LogP contribution in [-0.2, 0) is 0 Å². The summed E-state index contributed by atoms with van der Waals surface area (Å²) in [5, 5.41) is 2.46. The van der Waals surface area contributed by atoms with Crippen LogP contribution in [0.5, 0.6) is 0 Å². The highest BCUT2D eigenvalue weighted by atomic mass is 16.1. The minimum Gasteiger partial charge on any atom is -0.377 e. The normalized spacial score (nSPS) is 12.9. The summed E-state index contributed by atoms with van der Waals surface area (Å²) in [5.74, 6) is -0.314. The number of fused-ring (bicyclic) bond motifs is 2. The van der Waals surface area contributed by atoms with E-state index >= 15 is 0 Å². The van der Waals surface area contributed by atoms with Crippen LogP contribution in [0.3, 0.4) is 0 Å². The summed E-state index contributed by atoms with van der Waals surface area (Å²) in [5.41, 5.74) is 2.10. The Morgan fingerprint density at radius 2 is 1.39 bits per heavy atom. The summed E-state index contributed by atoms with van der Waals surface area (Å²) in [4.78, 5) is 24.7. The Bertz CT molecular complexity index is 674. The van der Waals surface area contributed by atoms with Gasteiger partial charge in [0.05, 0.1) is 12.6 Å². The molecule has 0 saturated carbocycles. The van der Waals surface area contributed by atoms with Gasteiger partial charge in [0.25, 0.3) is 0 Å². The molecule has 3 nitrogen and oxygen atoms in total. The lowest BCUT2D eigenvalue weighted by atomic mass is 9.83. The number of hydrogen-bond acceptors (Lipinski definition) is 3. The maximum Gasteiger partial charge on any atom is 0.196 e. The fraction of sp³-hybridized carbons (Fsp3) is 0.